The number of benzene rings is 1. The molecule has 8 nitrogen and oxygen atoms in total. The first-order chi connectivity index (χ1) is 11.7. The van der Waals surface area contributed by atoms with E-state index in [2.05, 4.69) is 15.8 Å². The number of nitrogens with zero attached hydrogens (tertiary/aromatic N) is 2. The van der Waals surface area contributed by atoms with Gasteiger partial charge in [-0.05, 0) is 50.6 Å². The highest BCUT2D eigenvalue weighted by molar-refractivity contribution is 6.06. The molecule has 0 spiro atoms. The lowest BCUT2D eigenvalue weighted by atomic mass is 10.1. The molecular weight excluding hydrogens is 324 g/mol. The van der Waals surface area contributed by atoms with Crippen molar-refractivity contribution in [2.75, 3.05) is 13.7 Å². The van der Waals surface area contributed by atoms with Crippen LogP contribution in [0.15, 0.2) is 29.4 Å². The molecule has 0 aromatic heterocycles. The molecule has 1 aliphatic rings. The second kappa shape index (κ2) is 7.33. The number of carbonyl (C=O) groups is 3. The zero-order chi connectivity index (χ0) is 18.6. The van der Waals surface area contributed by atoms with Gasteiger partial charge in [-0.1, -0.05) is 0 Å². The largest absolute Gasteiger partial charge is 0.497 e. The second-order valence-corrected chi connectivity index (χ2v) is 6.22. The van der Waals surface area contributed by atoms with Crippen molar-refractivity contribution in [2.45, 2.75) is 32.7 Å². The molecule has 2 N–H and O–H groups in total. The van der Waals surface area contributed by atoms with Crippen LogP contribution in [0.5, 0.6) is 5.75 Å². The Hall–Kier alpha value is -2.90. The Kier molecular flexibility index (Phi) is 5.41. The monoisotopic (exact) mass is 346 g/mol. The predicted octanol–water partition coefficient (Wildman–Crippen LogP) is 1.26. The molecule has 1 heterocycles. The number of urea groups is 1. The average Bonchev–Trinajstić information content (AvgIpc) is 2.78. The van der Waals surface area contributed by atoms with Crippen LogP contribution in [0.1, 0.15) is 32.8 Å². The Morgan fingerprint density at radius 2 is 1.92 bits per heavy atom. The molecule has 0 aliphatic carbocycles. The van der Waals surface area contributed by atoms with Gasteiger partial charge in [-0.3, -0.25) is 14.5 Å². The SMILES string of the molecule is COc1ccc(/C(C)=N\NC(=O)CCN2C(=O)NC(C)(C)C2=O)cc1. The van der Waals surface area contributed by atoms with E-state index < -0.39 is 11.6 Å². The van der Waals surface area contributed by atoms with Gasteiger partial charge in [0.2, 0.25) is 5.91 Å². The lowest BCUT2D eigenvalue weighted by Crippen LogP contribution is -2.40. The lowest BCUT2D eigenvalue weighted by Gasteiger charge is -2.15. The molecule has 0 saturated carbocycles. The summed E-state index contributed by atoms with van der Waals surface area (Å²) in [4.78, 5) is 36.7. The van der Waals surface area contributed by atoms with Crippen LogP contribution in [0.2, 0.25) is 0 Å². The van der Waals surface area contributed by atoms with Gasteiger partial charge in [0.25, 0.3) is 5.91 Å². The predicted molar refractivity (Wildman–Crippen MR) is 92.3 cm³/mol. The molecule has 1 saturated heterocycles. The van der Waals surface area contributed by atoms with Crippen molar-refractivity contribution in [1.29, 1.82) is 0 Å². The number of ether oxygens (including phenoxy) is 1. The molecule has 8 heteroatoms. The summed E-state index contributed by atoms with van der Waals surface area (Å²) in [5.41, 5.74) is 2.97. The molecule has 1 aromatic carbocycles. The summed E-state index contributed by atoms with van der Waals surface area (Å²) in [6.45, 7) is 5.02. The molecule has 0 atom stereocenters. The van der Waals surface area contributed by atoms with Crippen LogP contribution in [0.4, 0.5) is 4.79 Å². The highest BCUT2D eigenvalue weighted by Crippen LogP contribution is 2.16. The Labute approximate surface area is 146 Å². The van der Waals surface area contributed by atoms with Crippen molar-refractivity contribution in [2.24, 2.45) is 5.10 Å². The fourth-order valence-electron chi connectivity index (χ4n) is 2.33. The lowest BCUT2D eigenvalue weighted by molar-refractivity contribution is -0.130. The molecule has 134 valence electrons. The summed E-state index contributed by atoms with van der Waals surface area (Å²) in [5, 5.41) is 6.60. The fraction of sp³-hybridized carbons (Fsp3) is 0.412. The van der Waals surface area contributed by atoms with E-state index >= 15 is 0 Å². The van der Waals surface area contributed by atoms with E-state index in [1.165, 1.54) is 0 Å². The van der Waals surface area contributed by atoms with Crippen molar-refractivity contribution >= 4 is 23.6 Å². The number of amides is 4. The minimum absolute atomic E-state index is 0.0109. The number of carbonyl (C=O) groups excluding carboxylic acids is 3. The van der Waals surface area contributed by atoms with Crippen molar-refractivity contribution in [3.63, 3.8) is 0 Å². The Morgan fingerprint density at radius 3 is 2.44 bits per heavy atom. The van der Waals surface area contributed by atoms with Crippen molar-refractivity contribution in [1.82, 2.24) is 15.6 Å². The van der Waals surface area contributed by atoms with Gasteiger partial charge in [-0.15, -0.1) is 0 Å². The van der Waals surface area contributed by atoms with Gasteiger partial charge in [0.1, 0.15) is 11.3 Å². The second-order valence-electron chi connectivity index (χ2n) is 6.22. The topological polar surface area (TPSA) is 100 Å². The Balaban J connectivity index is 1.87. The molecule has 1 aliphatic heterocycles. The van der Waals surface area contributed by atoms with Crippen LogP contribution in [0, 0.1) is 0 Å². The summed E-state index contributed by atoms with van der Waals surface area (Å²) in [7, 11) is 1.59. The number of nitrogens with one attached hydrogen (secondary N) is 2. The Morgan fingerprint density at radius 1 is 1.28 bits per heavy atom. The maximum absolute atomic E-state index is 12.0. The van der Waals surface area contributed by atoms with Crippen LogP contribution in [0.3, 0.4) is 0 Å². The molecule has 25 heavy (non-hydrogen) atoms. The first-order valence-corrected chi connectivity index (χ1v) is 7.86. The van der Waals surface area contributed by atoms with E-state index in [1.807, 2.05) is 12.1 Å². The van der Waals surface area contributed by atoms with Crippen LogP contribution in [-0.2, 0) is 9.59 Å². The summed E-state index contributed by atoms with van der Waals surface area (Å²) in [5.74, 6) is 0.0125. The number of hydrazone groups is 1. The molecule has 1 fully saturated rings. The first-order valence-electron chi connectivity index (χ1n) is 7.86. The molecule has 0 bridgehead atoms. The number of hydrogen-bond donors (Lipinski definition) is 2. The van der Waals surface area contributed by atoms with Gasteiger partial charge in [0.15, 0.2) is 0 Å². The number of rotatable bonds is 6. The highest BCUT2D eigenvalue weighted by atomic mass is 16.5. The van der Waals surface area contributed by atoms with Gasteiger partial charge < -0.3 is 10.1 Å². The standard InChI is InChI=1S/C17H22N4O4/c1-11(12-5-7-13(25-4)8-6-12)19-20-14(22)9-10-21-15(23)17(2,3)18-16(21)24/h5-8H,9-10H2,1-4H3,(H,18,24)(H,20,22)/b19-11-. The van der Waals surface area contributed by atoms with Crippen LogP contribution in [-0.4, -0.2) is 47.7 Å². The zero-order valence-electron chi connectivity index (χ0n) is 14.8. The smallest absolute Gasteiger partial charge is 0.325 e. The van der Waals surface area contributed by atoms with Gasteiger partial charge in [-0.2, -0.15) is 5.10 Å². The van der Waals surface area contributed by atoms with Crippen molar-refractivity contribution in [3.8, 4) is 5.75 Å². The zero-order valence-corrected chi connectivity index (χ0v) is 14.8. The van der Waals surface area contributed by atoms with Gasteiger partial charge in [0, 0.05) is 13.0 Å². The average molecular weight is 346 g/mol. The van der Waals surface area contributed by atoms with Gasteiger partial charge in [-0.25, -0.2) is 10.2 Å². The molecule has 0 radical (unpaired) electrons. The minimum atomic E-state index is -0.934. The quantitative estimate of drug-likeness (QED) is 0.460. The summed E-state index contributed by atoms with van der Waals surface area (Å²) >= 11 is 0. The third-order valence-corrected chi connectivity index (χ3v) is 3.86. The molecule has 4 amide bonds. The van der Waals surface area contributed by atoms with Gasteiger partial charge >= 0.3 is 6.03 Å². The van der Waals surface area contributed by atoms with Crippen LogP contribution < -0.4 is 15.5 Å². The third kappa shape index (κ3) is 4.34. The number of hydrogen-bond acceptors (Lipinski definition) is 5. The number of imide groups is 1. The third-order valence-electron chi connectivity index (χ3n) is 3.86. The van der Waals surface area contributed by atoms with E-state index in [-0.39, 0.29) is 24.8 Å². The molecular formula is C17H22N4O4. The van der Waals surface area contributed by atoms with Crippen molar-refractivity contribution in [3.05, 3.63) is 29.8 Å². The van der Waals surface area contributed by atoms with E-state index in [4.69, 9.17) is 4.74 Å². The molecule has 0 unspecified atom stereocenters. The summed E-state index contributed by atoms with van der Waals surface area (Å²) in [6, 6.07) is 6.78. The first kappa shape index (κ1) is 18.4. The van der Waals surface area contributed by atoms with Gasteiger partial charge in [0.05, 0.1) is 12.8 Å². The molecule has 2 rings (SSSR count). The van der Waals surface area contributed by atoms with E-state index in [0.29, 0.717) is 5.71 Å². The Bertz CT molecular complexity index is 710. The van der Waals surface area contributed by atoms with Crippen molar-refractivity contribution < 1.29 is 19.1 Å². The summed E-state index contributed by atoms with van der Waals surface area (Å²) < 4.78 is 5.09. The van der Waals surface area contributed by atoms with E-state index in [9.17, 15) is 14.4 Å². The maximum Gasteiger partial charge on any atom is 0.325 e. The fourth-order valence-corrected chi connectivity index (χ4v) is 2.33. The summed E-state index contributed by atoms with van der Waals surface area (Å²) in [6.07, 6.45) is -0.0192. The normalized spacial score (nSPS) is 16.6. The van der Waals surface area contributed by atoms with E-state index in [1.54, 1.807) is 40.0 Å². The van der Waals surface area contributed by atoms with Crippen LogP contribution in [0.25, 0.3) is 0 Å². The number of methoxy groups -OCH3 is 1. The van der Waals surface area contributed by atoms with E-state index in [0.717, 1.165) is 16.2 Å². The molecule has 1 aromatic rings. The van der Waals surface area contributed by atoms with Crippen LogP contribution >= 0.6 is 0 Å². The maximum atomic E-state index is 12.0. The minimum Gasteiger partial charge on any atom is -0.497 e. The highest BCUT2D eigenvalue weighted by Gasteiger charge is 2.43.